The van der Waals surface area contributed by atoms with Crippen LogP contribution in [0.3, 0.4) is 0 Å². The fourth-order valence-electron chi connectivity index (χ4n) is 2.78. The van der Waals surface area contributed by atoms with Gasteiger partial charge in [0, 0.05) is 24.5 Å². The molecule has 5 heteroatoms. The van der Waals surface area contributed by atoms with E-state index in [9.17, 15) is 4.79 Å². The van der Waals surface area contributed by atoms with Crippen molar-refractivity contribution in [3.8, 4) is 16.8 Å². The van der Waals surface area contributed by atoms with E-state index in [2.05, 4.69) is 10.4 Å². The molecule has 0 aliphatic carbocycles. The van der Waals surface area contributed by atoms with Crippen LogP contribution < -0.4 is 5.32 Å². The Bertz CT molecular complexity index is 987. The van der Waals surface area contributed by atoms with Gasteiger partial charge in [-0.3, -0.25) is 4.79 Å². The molecule has 2 aromatic carbocycles. The lowest BCUT2D eigenvalue weighted by Gasteiger charge is -2.07. The first kappa shape index (κ1) is 15.9. The molecule has 5 nitrogen and oxygen atoms in total. The van der Waals surface area contributed by atoms with Crippen molar-refractivity contribution < 1.29 is 9.21 Å². The van der Waals surface area contributed by atoms with Gasteiger partial charge in [0.25, 0.3) is 5.91 Å². The summed E-state index contributed by atoms with van der Waals surface area (Å²) in [6.07, 6.45) is 5.16. The normalized spacial score (nSPS) is 10.6. The first-order valence-corrected chi connectivity index (χ1v) is 8.31. The number of nitrogens with one attached hydrogen (secondary N) is 1. The second-order valence-corrected chi connectivity index (χ2v) is 5.83. The van der Waals surface area contributed by atoms with Crippen LogP contribution in [0.2, 0.25) is 0 Å². The number of carbonyl (C=O) groups is 1. The number of benzene rings is 2. The minimum atomic E-state index is -0.231. The number of furan rings is 1. The van der Waals surface area contributed by atoms with Crippen LogP contribution in [-0.2, 0) is 6.54 Å². The Hall–Kier alpha value is -3.60. The molecule has 0 radical (unpaired) electrons. The summed E-state index contributed by atoms with van der Waals surface area (Å²) >= 11 is 0. The van der Waals surface area contributed by atoms with E-state index < -0.39 is 0 Å². The predicted molar refractivity (Wildman–Crippen MR) is 98.9 cm³/mol. The number of aromatic nitrogens is 2. The molecule has 0 atom stereocenters. The fourth-order valence-corrected chi connectivity index (χ4v) is 2.78. The summed E-state index contributed by atoms with van der Waals surface area (Å²) in [6, 6.07) is 21.3. The van der Waals surface area contributed by atoms with Crippen LogP contribution in [0.4, 0.5) is 0 Å². The number of nitrogens with zero attached hydrogens (tertiary/aromatic N) is 2. The first-order chi connectivity index (χ1) is 12.8. The molecule has 4 rings (SSSR count). The van der Waals surface area contributed by atoms with Gasteiger partial charge < -0.3 is 9.73 Å². The molecule has 0 fully saturated rings. The maximum atomic E-state index is 12.5. The average Bonchev–Trinajstić information content (AvgIpc) is 3.39. The highest BCUT2D eigenvalue weighted by Gasteiger charge is 2.16. The summed E-state index contributed by atoms with van der Waals surface area (Å²) in [6.45, 7) is 0.424. The molecule has 0 saturated carbocycles. The standard InChI is InChI=1S/C21H17N3O2/c25-21(20-19(11-14-26-20)17-5-2-1-3-6-17)22-15-16-7-9-18(10-8-16)24-13-4-12-23-24/h1-14H,15H2,(H,22,25). The number of hydrogen-bond acceptors (Lipinski definition) is 3. The Morgan fingerprint density at radius 3 is 2.54 bits per heavy atom. The van der Waals surface area contributed by atoms with Crippen LogP contribution in [0.1, 0.15) is 16.1 Å². The summed E-state index contributed by atoms with van der Waals surface area (Å²) in [4.78, 5) is 12.5. The molecule has 0 spiro atoms. The van der Waals surface area contributed by atoms with Crippen molar-refractivity contribution in [1.29, 1.82) is 0 Å². The fraction of sp³-hybridized carbons (Fsp3) is 0.0476. The smallest absolute Gasteiger partial charge is 0.287 e. The van der Waals surface area contributed by atoms with Crippen LogP contribution in [0.15, 0.2) is 89.8 Å². The largest absolute Gasteiger partial charge is 0.459 e. The summed E-state index contributed by atoms with van der Waals surface area (Å²) in [5.41, 5.74) is 3.72. The average molecular weight is 343 g/mol. The van der Waals surface area contributed by atoms with Crippen molar-refractivity contribution in [2.24, 2.45) is 0 Å². The molecular weight excluding hydrogens is 326 g/mol. The van der Waals surface area contributed by atoms with Gasteiger partial charge in [-0.05, 0) is 35.4 Å². The molecule has 4 aromatic rings. The van der Waals surface area contributed by atoms with E-state index in [0.29, 0.717) is 12.3 Å². The summed E-state index contributed by atoms with van der Waals surface area (Å²) in [5.74, 6) is 0.0920. The van der Waals surface area contributed by atoms with E-state index in [0.717, 1.165) is 22.4 Å². The maximum absolute atomic E-state index is 12.5. The molecule has 2 aromatic heterocycles. The van der Waals surface area contributed by atoms with Gasteiger partial charge in [0.05, 0.1) is 12.0 Å². The molecular formula is C21H17N3O2. The third-order valence-electron chi connectivity index (χ3n) is 4.11. The summed E-state index contributed by atoms with van der Waals surface area (Å²) < 4.78 is 7.20. The molecule has 0 saturated heterocycles. The van der Waals surface area contributed by atoms with Gasteiger partial charge in [-0.15, -0.1) is 0 Å². The Balaban J connectivity index is 1.44. The van der Waals surface area contributed by atoms with Gasteiger partial charge in [-0.25, -0.2) is 4.68 Å². The van der Waals surface area contributed by atoms with Crippen molar-refractivity contribution in [2.45, 2.75) is 6.54 Å². The number of hydrogen-bond donors (Lipinski definition) is 1. The Kier molecular flexibility index (Phi) is 4.35. The number of carbonyl (C=O) groups excluding carboxylic acids is 1. The monoisotopic (exact) mass is 343 g/mol. The molecule has 2 heterocycles. The lowest BCUT2D eigenvalue weighted by Crippen LogP contribution is -2.22. The van der Waals surface area contributed by atoms with Crippen molar-refractivity contribution >= 4 is 5.91 Å². The Morgan fingerprint density at radius 1 is 1.00 bits per heavy atom. The highest BCUT2D eigenvalue weighted by molar-refractivity contribution is 5.98. The van der Waals surface area contributed by atoms with Crippen molar-refractivity contribution in [3.05, 3.63) is 96.7 Å². The van der Waals surface area contributed by atoms with E-state index in [-0.39, 0.29) is 5.91 Å². The third kappa shape index (κ3) is 3.28. The van der Waals surface area contributed by atoms with Crippen LogP contribution in [0.25, 0.3) is 16.8 Å². The highest BCUT2D eigenvalue weighted by atomic mass is 16.3. The van der Waals surface area contributed by atoms with Gasteiger partial charge in [0.15, 0.2) is 5.76 Å². The summed E-state index contributed by atoms with van der Waals surface area (Å²) in [7, 11) is 0. The van der Waals surface area contributed by atoms with Crippen LogP contribution in [0.5, 0.6) is 0 Å². The zero-order valence-electron chi connectivity index (χ0n) is 14.0. The number of rotatable bonds is 5. The van der Waals surface area contributed by atoms with Gasteiger partial charge in [-0.2, -0.15) is 5.10 Å². The minimum absolute atomic E-state index is 0.231. The lowest BCUT2D eigenvalue weighted by atomic mass is 10.1. The number of amides is 1. The highest BCUT2D eigenvalue weighted by Crippen LogP contribution is 2.24. The van der Waals surface area contributed by atoms with Crippen molar-refractivity contribution in [2.75, 3.05) is 0 Å². The molecule has 1 N–H and O–H groups in total. The SMILES string of the molecule is O=C(NCc1ccc(-n2cccn2)cc1)c1occc1-c1ccccc1. The van der Waals surface area contributed by atoms with Crippen LogP contribution >= 0.6 is 0 Å². The zero-order chi connectivity index (χ0) is 17.8. The quantitative estimate of drug-likeness (QED) is 0.594. The molecule has 1 amide bonds. The van der Waals surface area contributed by atoms with Crippen molar-refractivity contribution in [1.82, 2.24) is 15.1 Å². The molecule has 0 aliphatic rings. The Morgan fingerprint density at radius 2 is 1.81 bits per heavy atom. The van der Waals surface area contributed by atoms with Crippen LogP contribution in [-0.4, -0.2) is 15.7 Å². The van der Waals surface area contributed by atoms with Gasteiger partial charge in [0.2, 0.25) is 0 Å². The molecule has 0 bridgehead atoms. The predicted octanol–water partition coefficient (Wildman–Crippen LogP) is 4.06. The topological polar surface area (TPSA) is 60.1 Å². The molecule has 26 heavy (non-hydrogen) atoms. The van der Waals surface area contributed by atoms with Gasteiger partial charge in [-0.1, -0.05) is 42.5 Å². The maximum Gasteiger partial charge on any atom is 0.287 e. The molecule has 0 unspecified atom stereocenters. The second-order valence-electron chi connectivity index (χ2n) is 5.83. The minimum Gasteiger partial charge on any atom is -0.459 e. The third-order valence-corrected chi connectivity index (χ3v) is 4.11. The lowest BCUT2D eigenvalue weighted by molar-refractivity contribution is 0.0924. The van der Waals surface area contributed by atoms with Gasteiger partial charge >= 0.3 is 0 Å². The molecule has 128 valence electrons. The van der Waals surface area contributed by atoms with Crippen LogP contribution in [0, 0.1) is 0 Å². The van der Waals surface area contributed by atoms with Crippen molar-refractivity contribution in [3.63, 3.8) is 0 Å². The zero-order valence-corrected chi connectivity index (χ0v) is 14.0. The first-order valence-electron chi connectivity index (χ1n) is 8.31. The molecule has 0 aliphatic heterocycles. The van der Waals surface area contributed by atoms with E-state index in [1.165, 1.54) is 6.26 Å². The van der Waals surface area contributed by atoms with E-state index in [1.54, 1.807) is 10.9 Å². The second kappa shape index (κ2) is 7.11. The summed E-state index contributed by atoms with van der Waals surface area (Å²) in [5, 5.41) is 7.11. The van der Waals surface area contributed by atoms with E-state index in [1.807, 2.05) is 72.9 Å². The Labute approximate surface area is 150 Å². The van der Waals surface area contributed by atoms with Gasteiger partial charge in [0.1, 0.15) is 0 Å². The van der Waals surface area contributed by atoms with E-state index in [4.69, 9.17) is 4.42 Å². The van der Waals surface area contributed by atoms with E-state index >= 15 is 0 Å².